The predicted molar refractivity (Wildman–Crippen MR) is 197 cm³/mol. The smallest absolute Gasteiger partial charge is 0.410 e. The number of hydrogen-bond acceptors (Lipinski definition) is 11. The quantitative estimate of drug-likeness (QED) is 0.103. The van der Waals surface area contributed by atoms with Crippen LogP contribution in [0.2, 0.25) is 0 Å². The molecule has 0 spiro atoms. The Bertz CT molecular complexity index is 2450. The number of nitrogen functional groups attached to an aromatic ring is 2. The topological polar surface area (TPSA) is 234 Å². The van der Waals surface area contributed by atoms with Crippen molar-refractivity contribution in [1.82, 2.24) is 60.5 Å². The Morgan fingerprint density at radius 1 is 0.765 bits per heavy atom. The fraction of sp³-hybridized carbons (Fsp3) is 0.229. The van der Waals surface area contributed by atoms with Crippen molar-refractivity contribution in [3.63, 3.8) is 0 Å². The zero-order valence-corrected chi connectivity index (χ0v) is 28.4. The summed E-state index contributed by atoms with van der Waals surface area (Å²) in [5.74, 6) is 2.32. The highest BCUT2D eigenvalue weighted by Gasteiger charge is 2.18. The standard InChI is InChI=1S/C19H21N7O2.C16H17N7/c1-3-26(19(27)28-4-2)10-15-23-16-12-6-5-11(13-7-8-21-25-13)9-14(12)22-18(20)17(16)24-15;1-2-18-8-13-21-14-10-4-3-9(11-5-6-19-23-11)7-12(10)20-16(17)15(14)22-13/h5-9H,3-4,10H2,1-2H3,(H2,20,22)(H,21,25)(H,23,24);3-7,18H,2,8H2,1H3,(H2,17,20)(H,19,23)(H,21,22). The molecule has 16 nitrogen and oxygen atoms in total. The number of aromatic nitrogens is 10. The maximum Gasteiger partial charge on any atom is 0.410 e. The van der Waals surface area contributed by atoms with Crippen molar-refractivity contribution in [2.45, 2.75) is 33.9 Å². The lowest BCUT2D eigenvalue weighted by molar-refractivity contribution is 0.106. The van der Waals surface area contributed by atoms with E-state index in [1.165, 1.54) is 0 Å². The number of carbonyl (C=O) groups is 1. The van der Waals surface area contributed by atoms with E-state index < -0.39 is 0 Å². The van der Waals surface area contributed by atoms with Crippen LogP contribution in [-0.2, 0) is 17.8 Å². The lowest BCUT2D eigenvalue weighted by Crippen LogP contribution is -2.31. The third-order valence-corrected chi connectivity index (χ3v) is 8.42. The van der Waals surface area contributed by atoms with Crippen molar-refractivity contribution in [2.24, 2.45) is 0 Å². The molecule has 0 radical (unpaired) electrons. The second-order valence-corrected chi connectivity index (χ2v) is 11.7. The highest BCUT2D eigenvalue weighted by atomic mass is 16.6. The highest BCUT2D eigenvalue weighted by Crippen LogP contribution is 2.31. The van der Waals surface area contributed by atoms with Crippen LogP contribution in [-0.4, -0.2) is 81.0 Å². The molecule has 1 amide bonds. The SMILES string of the molecule is CCNCc1nc2c([nH]1)c(N)nc1cc(-c3ccn[nH]3)ccc12.CCOC(=O)N(CC)Cc1nc2c([nH]1)c(N)nc1cc(-c3ccn[nH]3)ccc12. The van der Waals surface area contributed by atoms with Gasteiger partial charge in [-0.05, 0) is 56.8 Å². The van der Waals surface area contributed by atoms with Gasteiger partial charge < -0.3 is 36.4 Å². The van der Waals surface area contributed by atoms with Crippen LogP contribution in [0.5, 0.6) is 0 Å². The number of benzene rings is 2. The number of H-pyrrole nitrogens is 4. The van der Waals surface area contributed by atoms with Crippen molar-refractivity contribution >= 4 is 61.6 Å². The molecular weight excluding hydrogens is 648 g/mol. The van der Waals surface area contributed by atoms with E-state index in [1.807, 2.05) is 55.5 Å². The summed E-state index contributed by atoms with van der Waals surface area (Å²) < 4.78 is 5.08. The fourth-order valence-electron chi connectivity index (χ4n) is 5.90. The molecule has 0 aliphatic carbocycles. The Morgan fingerprint density at radius 2 is 1.31 bits per heavy atom. The van der Waals surface area contributed by atoms with Crippen LogP contribution in [0, 0.1) is 0 Å². The number of pyridine rings is 2. The second kappa shape index (κ2) is 14.1. The number of rotatable bonds is 9. The van der Waals surface area contributed by atoms with Gasteiger partial charge in [0.15, 0.2) is 0 Å². The number of aromatic amines is 4. The van der Waals surface area contributed by atoms with E-state index in [4.69, 9.17) is 16.2 Å². The molecule has 9 N–H and O–H groups in total. The van der Waals surface area contributed by atoms with E-state index in [9.17, 15) is 4.79 Å². The summed E-state index contributed by atoms with van der Waals surface area (Å²) in [6.07, 6.45) is 3.06. The predicted octanol–water partition coefficient (Wildman–Crippen LogP) is 5.25. The van der Waals surface area contributed by atoms with Gasteiger partial charge in [-0.25, -0.2) is 24.7 Å². The molecule has 16 heteroatoms. The molecule has 0 bridgehead atoms. The van der Waals surface area contributed by atoms with Crippen LogP contribution in [0.25, 0.3) is 66.4 Å². The maximum atomic E-state index is 12.0. The molecule has 0 saturated heterocycles. The molecule has 260 valence electrons. The Kier molecular flexibility index (Phi) is 9.13. The van der Waals surface area contributed by atoms with Gasteiger partial charge >= 0.3 is 6.09 Å². The Morgan fingerprint density at radius 3 is 1.80 bits per heavy atom. The van der Waals surface area contributed by atoms with E-state index in [2.05, 4.69) is 62.5 Å². The molecule has 0 saturated carbocycles. The molecule has 0 unspecified atom stereocenters. The molecule has 0 aliphatic rings. The van der Waals surface area contributed by atoms with Gasteiger partial charge in [-0.1, -0.05) is 19.1 Å². The van der Waals surface area contributed by atoms with E-state index in [0.717, 1.165) is 73.2 Å². The molecule has 6 aromatic heterocycles. The van der Waals surface area contributed by atoms with Crippen LogP contribution in [0.4, 0.5) is 16.4 Å². The fourth-order valence-corrected chi connectivity index (χ4v) is 5.90. The molecule has 6 heterocycles. The minimum atomic E-state index is -0.370. The largest absolute Gasteiger partial charge is 0.450 e. The summed E-state index contributed by atoms with van der Waals surface area (Å²) in [6, 6.07) is 15.8. The first-order chi connectivity index (χ1) is 24.9. The number of nitrogens with two attached hydrogens (primary N) is 2. The Hall–Kier alpha value is -6.55. The van der Waals surface area contributed by atoms with Gasteiger partial charge in [0, 0.05) is 40.8 Å². The number of nitrogens with one attached hydrogen (secondary N) is 5. The Labute approximate surface area is 291 Å². The van der Waals surface area contributed by atoms with E-state index in [0.29, 0.717) is 49.2 Å². The van der Waals surface area contributed by atoms with Gasteiger partial charge in [0.05, 0.1) is 42.1 Å². The van der Waals surface area contributed by atoms with Crippen LogP contribution < -0.4 is 16.8 Å². The molecule has 51 heavy (non-hydrogen) atoms. The van der Waals surface area contributed by atoms with Gasteiger partial charge in [-0.2, -0.15) is 10.2 Å². The number of ether oxygens (including phenoxy) is 1. The molecule has 0 aliphatic heterocycles. The molecule has 8 rings (SSSR count). The summed E-state index contributed by atoms with van der Waals surface area (Å²) in [5, 5.41) is 19.0. The molecular formula is C35H38N14O2. The second-order valence-electron chi connectivity index (χ2n) is 11.7. The van der Waals surface area contributed by atoms with Crippen LogP contribution in [0.3, 0.4) is 0 Å². The van der Waals surface area contributed by atoms with Gasteiger partial charge in [0.2, 0.25) is 0 Å². The summed E-state index contributed by atoms with van der Waals surface area (Å²) >= 11 is 0. The summed E-state index contributed by atoms with van der Waals surface area (Å²) in [7, 11) is 0. The molecule has 8 aromatic rings. The monoisotopic (exact) mass is 686 g/mol. The zero-order valence-electron chi connectivity index (χ0n) is 28.4. The first-order valence-corrected chi connectivity index (χ1v) is 16.6. The Balaban J connectivity index is 0.000000162. The van der Waals surface area contributed by atoms with Gasteiger partial charge in [0.1, 0.15) is 45.4 Å². The molecule has 2 aromatic carbocycles. The highest BCUT2D eigenvalue weighted by molar-refractivity contribution is 6.08. The number of fused-ring (bicyclic) bond motifs is 6. The first-order valence-electron chi connectivity index (χ1n) is 16.6. The van der Waals surface area contributed by atoms with Crippen molar-refractivity contribution in [3.05, 3.63) is 72.6 Å². The number of anilines is 2. The van der Waals surface area contributed by atoms with Crippen molar-refractivity contribution < 1.29 is 9.53 Å². The van der Waals surface area contributed by atoms with Crippen LogP contribution >= 0.6 is 0 Å². The average molecular weight is 687 g/mol. The number of amides is 1. The third-order valence-electron chi connectivity index (χ3n) is 8.42. The summed E-state index contributed by atoms with van der Waals surface area (Å²) in [6.45, 7) is 8.44. The number of carbonyl (C=O) groups excluding carboxylic acids is 1. The van der Waals surface area contributed by atoms with Crippen LogP contribution in [0.1, 0.15) is 32.4 Å². The minimum Gasteiger partial charge on any atom is -0.450 e. The summed E-state index contributed by atoms with van der Waals surface area (Å²) in [4.78, 5) is 38.5. The summed E-state index contributed by atoms with van der Waals surface area (Å²) in [5.41, 5.74) is 20.7. The average Bonchev–Trinajstić information content (AvgIpc) is 3.97. The van der Waals surface area contributed by atoms with Crippen molar-refractivity contribution in [1.29, 1.82) is 0 Å². The molecule has 0 atom stereocenters. The number of nitrogens with zero attached hydrogens (tertiary/aromatic N) is 7. The van der Waals surface area contributed by atoms with Crippen LogP contribution in [0.15, 0.2) is 60.9 Å². The van der Waals surface area contributed by atoms with Crippen molar-refractivity contribution in [2.75, 3.05) is 31.2 Å². The lowest BCUT2D eigenvalue weighted by atomic mass is 10.1. The normalized spacial score (nSPS) is 11.4. The lowest BCUT2D eigenvalue weighted by Gasteiger charge is -2.18. The van der Waals surface area contributed by atoms with Crippen molar-refractivity contribution in [3.8, 4) is 22.5 Å². The zero-order chi connectivity index (χ0) is 35.5. The maximum absolute atomic E-state index is 12.0. The van der Waals surface area contributed by atoms with E-state index in [1.54, 1.807) is 24.2 Å². The minimum absolute atomic E-state index is 0.303. The van der Waals surface area contributed by atoms with Gasteiger partial charge in [0.25, 0.3) is 0 Å². The van der Waals surface area contributed by atoms with Gasteiger partial charge in [-0.3, -0.25) is 10.2 Å². The molecule has 0 fully saturated rings. The number of hydrogen-bond donors (Lipinski definition) is 7. The van der Waals surface area contributed by atoms with E-state index in [-0.39, 0.29) is 6.09 Å². The van der Waals surface area contributed by atoms with Gasteiger partial charge in [-0.15, -0.1) is 0 Å². The van der Waals surface area contributed by atoms with E-state index >= 15 is 0 Å². The number of imidazole rings is 2. The third kappa shape index (κ3) is 6.59. The first kappa shape index (κ1) is 33.0.